The molecule has 0 saturated carbocycles. The zero-order chi connectivity index (χ0) is 19.3. The van der Waals surface area contributed by atoms with E-state index in [1.165, 1.54) is 29.2 Å². The molecule has 0 atom stereocenters. The number of carbonyl (C=O) groups excluding carboxylic acids is 2. The van der Waals surface area contributed by atoms with E-state index in [2.05, 4.69) is 0 Å². The third-order valence-corrected chi connectivity index (χ3v) is 3.98. The summed E-state index contributed by atoms with van der Waals surface area (Å²) < 4.78 is 23.6. The van der Waals surface area contributed by atoms with Crippen molar-refractivity contribution in [1.29, 1.82) is 5.26 Å². The lowest BCUT2D eigenvalue weighted by molar-refractivity contribution is -0.121. The second-order valence-corrected chi connectivity index (χ2v) is 5.72. The Balaban J connectivity index is 2.10. The van der Waals surface area contributed by atoms with Crippen LogP contribution in [0.5, 0.6) is 0 Å². The Morgan fingerprint density at radius 1 is 1.19 bits per heavy atom. The third kappa shape index (κ3) is 4.28. The maximum absolute atomic E-state index is 13.1. The molecule has 0 saturated heterocycles. The van der Waals surface area contributed by atoms with Gasteiger partial charge in [-0.05, 0) is 45.0 Å². The molecule has 26 heavy (non-hydrogen) atoms. The third-order valence-electron chi connectivity index (χ3n) is 3.98. The van der Waals surface area contributed by atoms with E-state index in [1.54, 1.807) is 20.8 Å². The lowest BCUT2D eigenvalue weighted by Gasteiger charge is -2.21. The Bertz CT molecular complexity index is 850. The molecule has 0 N–H and O–H groups in total. The van der Waals surface area contributed by atoms with Gasteiger partial charge in [0.15, 0.2) is 6.61 Å². The van der Waals surface area contributed by atoms with Crippen molar-refractivity contribution in [2.45, 2.75) is 27.2 Å². The Morgan fingerprint density at radius 3 is 2.38 bits per heavy atom. The number of carbonyl (C=O) groups is 2. The van der Waals surface area contributed by atoms with Crippen molar-refractivity contribution >= 4 is 17.6 Å². The predicted molar refractivity (Wildman–Crippen MR) is 92.2 cm³/mol. The molecule has 7 heteroatoms. The van der Waals surface area contributed by atoms with Crippen molar-refractivity contribution in [2.24, 2.45) is 0 Å². The molecule has 0 bridgehead atoms. The predicted octanol–water partition coefficient (Wildman–Crippen LogP) is 3.45. The topological polar surface area (TPSA) is 83.5 Å². The van der Waals surface area contributed by atoms with Crippen LogP contribution in [0.25, 0.3) is 0 Å². The highest BCUT2D eigenvalue weighted by atomic mass is 19.1. The Hall–Kier alpha value is -3.14. The molecule has 1 aromatic heterocycles. The van der Waals surface area contributed by atoms with Gasteiger partial charge in [-0.15, -0.1) is 0 Å². The van der Waals surface area contributed by atoms with Crippen LogP contribution in [0.1, 0.15) is 33.9 Å². The van der Waals surface area contributed by atoms with Gasteiger partial charge in [-0.1, -0.05) is 0 Å². The Morgan fingerprint density at radius 2 is 1.85 bits per heavy atom. The van der Waals surface area contributed by atoms with Gasteiger partial charge in [0.25, 0.3) is 5.91 Å². The number of ether oxygens (including phenoxy) is 1. The normalized spacial score (nSPS) is 10.3. The van der Waals surface area contributed by atoms with Crippen molar-refractivity contribution in [1.82, 2.24) is 0 Å². The summed E-state index contributed by atoms with van der Waals surface area (Å²) in [5.41, 5.74) is 1.40. The molecule has 0 aliphatic heterocycles. The number of amides is 1. The van der Waals surface area contributed by atoms with E-state index < -0.39 is 24.3 Å². The average molecular weight is 358 g/mol. The van der Waals surface area contributed by atoms with Crippen molar-refractivity contribution < 1.29 is 23.1 Å². The molecular weight excluding hydrogens is 339 g/mol. The first-order valence-electron chi connectivity index (χ1n) is 8.01. The van der Waals surface area contributed by atoms with Crippen molar-refractivity contribution in [3.63, 3.8) is 0 Å². The zero-order valence-corrected chi connectivity index (χ0v) is 14.8. The van der Waals surface area contributed by atoms with E-state index in [0.29, 0.717) is 28.3 Å². The summed E-state index contributed by atoms with van der Waals surface area (Å²) in [6.07, 6.45) is 0.0935. The molecule has 2 aromatic rings. The average Bonchev–Trinajstić information content (AvgIpc) is 2.86. The fraction of sp³-hybridized carbons (Fsp3) is 0.316. The van der Waals surface area contributed by atoms with E-state index in [-0.39, 0.29) is 13.0 Å². The second-order valence-electron chi connectivity index (χ2n) is 5.72. The first kappa shape index (κ1) is 19.2. The van der Waals surface area contributed by atoms with Gasteiger partial charge in [0.2, 0.25) is 0 Å². The molecule has 2 rings (SSSR count). The minimum absolute atomic E-state index is 0.0935. The van der Waals surface area contributed by atoms with Gasteiger partial charge in [0.1, 0.15) is 22.9 Å². The summed E-state index contributed by atoms with van der Waals surface area (Å²) in [6, 6.07) is 7.25. The summed E-state index contributed by atoms with van der Waals surface area (Å²) in [4.78, 5) is 26.0. The van der Waals surface area contributed by atoms with Crippen LogP contribution in [0.3, 0.4) is 0 Å². The molecule has 0 unspecified atom stereocenters. The number of esters is 1. The van der Waals surface area contributed by atoms with Gasteiger partial charge in [0.05, 0.1) is 12.5 Å². The quantitative estimate of drug-likeness (QED) is 0.739. The summed E-state index contributed by atoms with van der Waals surface area (Å²) in [5.74, 6) is -0.547. The fourth-order valence-corrected chi connectivity index (χ4v) is 2.55. The number of nitrogens with zero attached hydrogens (tertiary/aromatic N) is 2. The SMILES string of the molecule is Cc1oc(C)c(C(=O)OCC(=O)N(CCC#N)c2ccc(F)cc2)c1C. The minimum Gasteiger partial charge on any atom is -0.465 e. The van der Waals surface area contributed by atoms with Gasteiger partial charge in [0, 0.05) is 17.8 Å². The first-order valence-corrected chi connectivity index (χ1v) is 8.01. The van der Waals surface area contributed by atoms with Gasteiger partial charge >= 0.3 is 5.97 Å². The van der Waals surface area contributed by atoms with Crippen LogP contribution in [0.2, 0.25) is 0 Å². The lowest BCUT2D eigenvalue weighted by atomic mass is 10.1. The van der Waals surface area contributed by atoms with Crippen LogP contribution in [-0.2, 0) is 9.53 Å². The maximum atomic E-state index is 13.1. The minimum atomic E-state index is -0.649. The number of hydrogen-bond acceptors (Lipinski definition) is 5. The Labute approximate surface area is 150 Å². The van der Waals surface area contributed by atoms with E-state index in [4.69, 9.17) is 14.4 Å². The number of halogens is 1. The van der Waals surface area contributed by atoms with Crippen molar-refractivity contribution in [3.8, 4) is 6.07 Å². The Kier molecular flexibility index (Phi) is 6.12. The number of aryl methyl sites for hydroxylation is 2. The van der Waals surface area contributed by atoms with Gasteiger partial charge in [-0.3, -0.25) is 4.79 Å². The molecule has 0 aliphatic rings. The van der Waals surface area contributed by atoms with Gasteiger partial charge < -0.3 is 14.1 Å². The number of rotatable bonds is 6. The largest absolute Gasteiger partial charge is 0.465 e. The van der Waals surface area contributed by atoms with Crippen LogP contribution in [-0.4, -0.2) is 25.0 Å². The molecule has 0 aliphatic carbocycles. The molecule has 1 heterocycles. The molecule has 0 radical (unpaired) electrons. The number of benzene rings is 1. The van der Waals surface area contributed by atoms with Crippen molar-refractivity contribution in [3.05, 3.63) is 52.7 Å². The van der Waals surface area contributed by atoms with E-state index in [1.807, 2.05) is 6.07 Å². The van der Waals surface area contributed by atoms with Crippen LogP contribution in [0.15, 0.2) is 28.7 Å². The lowest BCUT2D eigenvalue weighted by Crippen LogP contribution is -2.35. The highest BCUT2D eigenvalue weighted by Gasteiger charge is 2.23. The second kappa shape index (κ2) is 8.30. The highest BCUT2D eigenvalue weighted by Crippen LogP contribution is 2.22. The highest BCUT2D eigenvalue weighted by molar-refractivity contribution is 5.98. The maximum Gasteiger partial charge on any atom is 0.342 e. The molecule has 6 nitrogen and oxygen atoms in total. The molecule has 0 spiro atoms. The summed E-state index contributed by atoms with van der Waals surface area (Å²) in [5, 5.41) is 8.77. The molecule has 0 fully saturated rings. The van der Waals surface area contributed by atoms with Crippen molar-refractivity contribution in [2.75, 3.05) is 18.1 Å². The standard InChI is InChI=1S/C19H19FN2O4/c1-12-13(2)26-14(3)18(12)19(24)25-11-17(23)22(10-4-9-21)16-7-5-15(20)6-8-16/h5-8H,4,10-11H2,1-3H3. The summed E-state index contributed by atoms with van der Waals surface area (Å²) in [7, 11) is 0. The van der Waals surface area contributed by atoms with E-state index in [0.717, 1.165) is 0 Å². The summed E-state index contributed by atoms with van der Waals surface area (Å²) in [6.45, 7) is 4.74. The van der Waals surface area contributed by atoms with Crippen LogP contribution in [0.4, 0.5) is 10.1 Å². The first-order chi connectivity index (χ1) is 12.3. The van der Waals surface area contributed by atoms with Crippen LogP contribution in [0, 0.1) is 37.9 Å². The monoisotopic (exact) mass is 358 g/mol. The van der Waals surface area contributed by atoms with Gasteiger partial charge in [-0.25, -0.2) is 9.18 Å². The number of anilines is 1. The molecular formula is C19H19FN2O4. The molecule has 136 valence electrons. The molecule has 1 aromatic carbocycles. The number of hydrogen-bond donors (Lipinski definition) is 0. The number of furan rings is 1. The summed E-state index contributed by atoms with van der Waals surface area (Å²) >= 11 is 0. The molecule has 1 amide bonds. The zero-order valence-electron chi connectivity index (χ0n) is 14.8. The van der Waals surface area contributed by atoms with Gasteiger partial charge in [-0.2, -0.15) is 5.26 Å². The smallest absolute Gasteiger partial charge is 0.342 e. The van der Waals surface area contributed by atoms with Crippen LogP contribution < -0.4 is 4.90 Å². The van der Waals surface area contributed by atoms with E-state index >= 15 is 0 Å². The number of nitriles is 1. The fourth-order valence-electron chi connectivity index (χ4n) is 2.55. The van der Waals surface area contributed by atoms with Crippen LogP contribution >= 0.6 is 0 Å². The van der Waals surface area contributed by atoms with E-state index in [9.17, 15) is 14.0 Å².